The Morgan fingerprint density at radius 1 is 1.00 bits per heavy atom. The Balaban J connectivity index is 1.47. The Labute approximate surface area is 185 Å². The number of carbonyl (C=O) groups is 2. The van der Waals surface area contributed by atoms with Crippen LogP contribution in [0.1, 0.15) is 37.4 Å². The summed E-state index contributed by atoms with van der Waals surface area (Å²) >= 11 is 0. The Kier molecular flexibility index (Phi) is 4.67. The van der Waals surface area contributed by atoms with E-state index in [4.69, 9.17) is 9.47 Å². The van der Waals surface area contributed by atoms with Crippen molar-refractivity contribution < 1.29 is 19.1 Å². The van der Waals surface area contributed by atoms with E-state index in [1.54, 1.807) is 37.3 Å². The van der Waals surface area contributed by atoms with Crippen LogP contribution in [0.5, 0.6) is 11.5 Å². The van der Waals surface area contributed by atoms with Gasteiger partial charge < -0.3 is 14.0 Å². The van der Waals surface area contributed by atoms with Crippen molar-refractivity contribution in [1.29, 1.82) is 0 Å². The van der Waals surface area contributed by atoms with E-state index in [9.17, 15) is 9.59 Å². The zero-order valence-electron chi connectivity index (χ0n) is 18.0. The maximum atomic E-state index is 13.0. The minimum absolute atomic E-state index is 0.187. The SMILES string of the molecule is Cc1ccccc1C(=O)Oc1ccc2c(c1C)OC(=Cc1cn(C)c3ccccc13)C2=O. The Morgan fingerprint density at radius 3 is 2.56 bits per heavy atom. The third-order valence-corrected chi connectivity index (χ3v) is 5.82. The number of allylic oxidation sites excluding steroid dienone is 1. The van der Waals surface area contributed by atoms with Crippen molar-refractivity contribution >= 4 is 28.7 Å². The molecular weight excluding hydrogens is 402 g/mol. The maximum Gasteiger partial charge on any atom is 0.343 e. The highest BCUT2D eigenvalue weighted by Crippen LogP contribution is 2.40. The number of aryl methyl sites for hydroxylation is 2. The van der Waals surface area contributed by atoms with Gasteiger partial charge in [-0.15, -0.1) is 0 Å². The molecule has 158 valence electrons. The van der Waals surface area contributed by atoms with Crippen LogP contribution < -0.4 is 9.47 Å². The predicted molar refractivity (Wildman–Crippen MR) is 123 cm³/mol. The Hall–Kier alpha value is -4.12. The molecule has 32 heavy (non-hydrogen) atoms. The fraction of sp³-hybridized carbons (Fsp3) is 0.111. The minimum atomic E-state index is -0.443. The molecule has 0 fully saturated rings. The van der Waals surface area contributed by atoms with Crippen LogP contribution in [0.3, 0.4) is 0 Å². The number of rotatable bonds is 3. The molecule has 1 aliphatic rings. The van der Waals surface area contributed by atoms with Gasteiger partial charge in [-0.1, -0.05) is 36.4 Å². The van der Waals surface area contributed by atoms with Gasteiger partial charge in [-0.2, -0.15) is 0 Å². The van der Waals surface area contributed by atoms with Gasteiger partial charge in [0.05, 0.1) is 11.1 Å². The van der Waals surface area contributed by atoms with E-state index in [1.165, 1.54) is 0 Å². The molecule has 2 heterocycles. The molecule has 3 aromatic carbocycles. The molecule has 0 aliphatic carbocycles. The molecule has 0 bridgehead atoms. The van der Waals surface area contributed by atoms with Gasteiger partial charge in [0.25, 0.3) is 0 Å². The number of hydrogen-bond donors (Lipinski definition) is 0. The van der Waals surface area contributed by atoms with Crippen molar-refractivity contribution in [3.8, 4) is 11.5 Å². The topological polar surface area (TPSA) is 57.5 Å². The summed E-state index contributed by atoms with van der Waals surface area (Å²) in [6, 6.07) is 18.5. The lowest BCUT2D eigenvalue weighted by Crippen LogP contribution is -2.11. The third-order valence-electron chi connectivity index (χ3n) is 5.82. The van der Waals surface area contributed by atoms with Gasteiger partial charge in [0.2, 0.25) is 5.78 Å². The molecule has 5 rings (SSSR count). The molecule has 5 nitrogen and oxygen atoms in total. The van der Waals surface area contributed by atoms with Crippen LogP contribution in [0.4, 0.5) is 0 Å². The summed E-state index contributed by atoms with van der Waals surface area (Å²) in [4.78, 5) is 25.6. The highest BCUT2D eigenvalue weighted by molar-refractivity contribution is 6.15. The van der Waals surface area contributed by atoms with E-state index < -0.39 is 5.97 Å². The van der Waals surface area contributed by atoms with Crippen molar-refractivity contribution in [1.82, 2.24) is 4.57 Å². The molecule has 0 spiro atoms. The number of aromatic nitrogens is 1. The number of benzene rings is 3. The maximum absolute atomic E-state index is 13.0. The fourth-order valence-corrected chi connectivity index (χ4v) is 4.06. The quantitative estimate of drug-likeness (QED) is 0.243. The van der Waals surface area contributed by atoms with Crippen molar-refractivity contribution in [3.63, 3.8) is 0 Å². The van der Waals surface area contributed by atoms with Gasteiger partial charge in [0.15, 0.2) is 5.76 Å². The average Bonchev–Trinajstić information content (AvgIpc) is 3.28. The molecular formula is C27H21NO4. The zero-order chi connectivity index (χ0) is 22.4. The number of fused-ring (bicyclic) bond motifs is 2. The van der Waals surface area contributed by atoms with Crippen LogP contribution in [-0.2, 0) is 7.05 Å². The first-order valence-corrected chi connectivity index (χ1v) is 10.3. The van der Waals surface area contributed by atoms with Gasteiger partial charge in [0.1, 0.15) is 11.5 Å². The largest absolute Gasteiger partial charge is 0.452 e. The molecule has 4 aromatic rings. The first kappa shape index (κ1) is 19.8. The normalized spacial score (nSPS) is 14.0. The lowest BCUT2D eigenvalue weighted by Gasteiger charge is -2.11. The lowest BCUT2D eigenvalue weighted by molar-refractivity contribution is 0.0732. The summed E-state index contributed by atoms with van der Waals surface area (Å²) in [5, 5.41) is 1.04. The number of carbonyl (C=O) groups excluding carboxylic acids is 2. The summed E-state index contributed by atoms with van der Waals surface area (Å²) in [5.74, 6) is 0.421. The number of esters is 1. The zero-order valence-corrected chi connectivity index (χ0v) is 18.0. The molecule has 0 N–H and O–H groups in total. The highest BCUT2D eigenvalue weighted by Gasteiger charge is 2.31. The molecule has 0 radical (unpaired) electrons. The summed E-state index contributed by atoms with van der Waals surface area (Å²) in [5.41, 5.74) is 4.39. The van der Waals surface area contributed by atoms with Crippen molar-refractivity contribution in [3.05, 3.63) is 100 Å². The fourth-order valence-electron chi connectivity index (χ4n) is 4.06. The van der Waals surface area contributed by atoms with E-state index in [1.807, 2.05) is 61.1 Å². The number of hydrogen-bond acceptors (Lipinski definition) is 4. The Morgan fingerprint density at radius 2 is 1.75 bits per heavy atom. The number of para-hydroxylation sites is 1. The van der Waals surface area contributed by atoms with Gasteiger partial charge >= 0.3 is 5.97 Å². The van der Waals surface area contributed by atoms with Gasteiger partial charge in [-0.25, -0.2) is 4.79 Å². The van der Waals surface area contributed by atoms with Crippen LogP contribution in [0, 0.1) is 13.8 Å². The number of Topliss-reactive ketones (excluding diaryl/α,β-unsaturated/α-hetero) is 1. The molecule has 1 aliphatic heterocycles. The van der Waals surface area contributed by atoms with Crippen LogP contribution in [0.25, 0.3) is 17.0 Å². The number of ketones is 1. The first-order valence-electron chi connectivity index (χ1n) is 10.3. The monoisotopic (exact) mass is 423 g/mol. The van der Waals surface area contributed by atoms with E-state index in [2.05, 4.69) is 0 Å². The lowest BCUT2D eigenvalue weighted by atomic mass is 10.1. The highest BCUT2D eigenvalue weighted by atomic mass is 16.5. The average molecular weight is 423 g/mol. The molecule has 0 saturated heterocycles. The molecule has 0 unspecified atom stereocenters. The minimum Gasteiger partial charge on any atom is -0.452 e. The number of ether oxygens (including phenoxy) is 2. The van der Waals surface area contributed by atoms with Crippen molar-refractivity contribution in [2.24, 2.45) is 7.05 Å². The summed E-state index contributed by atoms with van der Waals surface area (Å²) in [6.07, 6.45) is 3.74. The van der Waals surface area contributed by atoms with Crippen LogP contribution in [-0.4, -0.2) is 16.3 Å². The second-order valence-electron chi connectivity index (χ2n) is 7.92. The second-order valence-corrected chi connectivity index (χ2v) is 7.92. The third kappa shape index (κ3) is 3.19. The van der Waals surface area contributed by atoms with E-state index in [-0.39, 0.29) is 11.5 Å². The predicted octanol–water partition coefficient (Wildman–Crippen LogP) is 5.63. The van der Waals surface area contributed by atoms with Crippen LogP contribution in [0.15, 0.2) is 72.6 Å². The van der Waals surface area contributed by atoms with E-state index in [0.717, 1.165) is 22.0 Å². The summed E-state index contributed by atoms with van der Waals surface area (Å²) < 4.78 is 13.6. The molecule has 0 amide bonds. The molecule has 5 heteroatoms. The van der Waals surface area contributed by atoms with Gasteiger partial charge in [0, 0.05) is 35.3 Å². The van der Waals surface area contributed by atoms with Crippen LogP contribution >= 0.6 is 0 Å². The van der Waals surface area contributed by atoms with Gasteiger partial charge in [-0.3, -0.25) is 4.79 Å². The second kappa shape index (κ2) is 7.54. The summed E-state index contributed by atoms with van der Waals surface area (Å²) in [7, 11) is 1.97. The molecule has 1 aromatic heterocycles. The number of nitrogens with zero attached hydrogens (tertiary/aromatic N) is 1. The molecule has 0 saturated carbocycles. The smallest absolute Gasteiger partial charge is 0.343 e. The first-order chi connectivity index (χ1) is 15.4. The van der Waals surface area contributed by atoms with Gasteiger partial charge in [-0.05, 0) is 49.8 Å². The standard InChI is InChI=1S/C27H21NO4/c1-16-8-4-5-9-19(16)27(30)32-23-13-12-21-25(29)24(31-26(21)17(23)2)14-18-15-28(3)22-11-7-6-10-20(18)22/h4-15H,1-3H3. The molecule has 0 atom stereocenters. The van der Waals surface area contributed by atoms with Crippen molar-refractivity contribution in [2.75, 3.05) is 0 Å². The van der Waals surface area contributed by atoms with Crippen molar-refractivity contribution in [2.45, 2.75) is 13.8 Å². The van der Waals surface area contributed by atoms with E-state index in [0.29, 0.717) is 28.2 Å². The van der Waals surface area contributed by atoms with Crippen LogP contribution in [0.2, 0.25) is 0 Å². The Bertz CT molecular complexity index is 1440. The summed E-state index contributed by atoms with van der Waals surface area (Å²) in [6.45, 7) is 3.64. The van der Waals surface area contributed by atoms with E-state index >= 15 is 0 Å².